The lowest BCUT2D eigenvalue weighted by Crippen LogP contribution is -2.46. The van der Waals surface area contributed by atoms with Gasteiger partial charge in [0.25, 0.3) is 0 Å². The Morgan fingerprint density at radius 3 is 2.62 bits per heavy atom. The van der Waals surface area contributed by atoms with Crippen LogP contribution in [-0.2, 0) is 11.2 Å². The quantitative estimate of drug-likeness (QED) is 0.454. The summed E-state index contributed by atoms with van der Waals surface area (Å²) in [5, 5.41) is 0. The van der Waals surface area contributed by atoms with Crippen molar-refractivity contribution in [2.75, 3.05) is 44.2 Å². The molecule has 0 aliphatic carbocycles. The van der Waals surface area contributed by atoms with Gasteiger partial charge < -0.3 is 14.4 Å². The zero-order valence-corrected chi connectivity index (χ0v) is 14.9. The molecule has 0 atom stereocenters. The van der Waals surface area contributed by atoms with E-state index in [1.165, 1.54) is 5.69 Å². The van der Waals surface area contributed by atoms with Crippen LogP contribution in [-0.4, -0.2) is 50.2 Å². The molecule has 4 rings (SSSR count). The number of piperazine rings is 1. The number of hydrogen-bond acceptors (Lipinski definition) is 5. The van der Waals surface area contributed by atoms with Gasteiger partial charge in [-0.1, -0.05) is 24.3 Å². The number of esters is 1. The fraction of sp³-hybridized carbons (Fsp3) is 0.381. The summed E-state index contributed by atoms with van der Waals surface area (Å²) in [5.74, 6) is 1.23. The second-order valence-corrected chi connectivity index (χ2v) is 6.79. The zero-order chi connectivity index (χ0) is 17.8. The molecule has 0 unspecified atom stereocenters. The Balaban J connectivity index is 1.17. The second kappa shape index (κ2) is 7.79. The van der Waals surface area contributed by atoms with Crippen molar-refractivity contribution in [3.8, 4) is 11.5 Å². The molecule has 0 radical (unpaired) electrons. The summed E-state index contributed by atoms with van der Waals surface area (Å²) in [6.45, 7) is 6.03. The molecule has 1 fully saturated rings. The molecule has 0 saturated carbocycles. The molecule has 2 aromatic rings. The highest BCUT2D eigenvalue weighted by Crippen LogP contribution is 2.30. The van der Waals surface area contributed by atoms with Gasteiger partial charge in [-0.3, -0.25) is 9.69 Å². The predicted molar refractivity (Wildman–Crippen MR) is 101 cm³/mol. The maximum absolute atomic E-state index is 11.3. The fourth-order valence-corrected chi connectivity index (χ4v) is 3.53. The van der Waals surface area contributed by atoms with Crippen molar-refractivity contribution in [3.63, 3.8) is 0 Å². The molecular formula is C21H24N2O3. The van der Waals surface area contributed by atoms with E-state index in [4.69, 9.17) is 9.47 Å². The lowest BCUT2D eigenvalue weighted by molar-refractivity contribution is -0.131. The number of ether oxygens (including phenoxy) is 2. The van der Waals surface area contributed by atoms with Crippen molar-refractivity contribution >= 4 is 11.7 Å². The van der Waals surface area contributed by atoms with E-state index in [-0.39, 0.29) is 5.97 Å². The maximum atomic E-state index is 11.3. The number of para-hydroxylation sites is 1. The van der Waals surface area contributed by atoms with Crippen molar-refractivity contribution in [2.24, 2.45) is 0 Å². The van der Waals surface area contributed by atoms with Gasteiger partial charge in [-0.15, -0.1) is 0 Å². The molecule has 2 aromatic carbocycles. The molecule has 1 saturated heterocycles. The summed E-state index contributed by atoms with van der Waals surface area (Å²) in [6.07, 6.45) is 1.35. The monoisotopic (exact) mass is 352 g/mol. The number of fused-ring (bicyclic) bond motifs is 1. The van der Waals surface area contributed by atoms with Gasteiger partial charge >= 0.3 is 5.97 Å². The highest BCUT2D eigenvalue weighted by Gasteiger charge is 2.20. The minimum absolute atomic E-state index is 0.188. The first-order chi connectivity index (χ1) is 12.8. The number of benzene rings is 2. The predicted octanol–water partition coefficient (Wildman–Crippen LogP) is 2.74. The molecule has 2 heterocycles. The van der Waals surface area contributed by atoms with Crippen LogP contribution in [0.1, 0.15) is 12.0 Å². The van der Waals surface area contributed by atoms with E-state index in [1.807, 2.05) is 18.2 Å². The smallest absolute Gasteiger partial charge is 0.315 e. The topological polar surface area (TPSA) is 42.0 Å². The second-order valence-electron chi connectivity index (χ2n) is 6.79. The standard InChI is InChI=1S/C21H24N2O3/c24-21-15-17-7-8-19(16-20(17)26-21)25-14-4-9-22-10-12-23(13-11-22)18-5-2-1-3-6-18/h1-3,5-8,16H,4,9-15H2. The lowest BCUT2D eigenvalue weighted by atomic mass is 10.1. The van der Waals surface area contributed by atoms with Crippen molar-refractivity contribution in [1.29, 1.82) is 0 Å². The normalized spacial score (nSPS) is 17.1. The van der Waals surface area contributed by atoms with Crippen LogP contribution in [0.3, 0.4) is 0 Å². The Kier molecular flexibility index (Phi) is 5.07. The molecule has 0 amide bonds. The zero-order valence-electron chi connectivity index (χ0n) is 14.9. The largest absolute Gasteiger partial charge is 0.493 e. The van der Waals surface area contributed by atoms with E-state index in [0.717, 1.165) is 50.5 Å². The Morgan fingerprint density at radius 2 is 1.81 bits per heavy atom. The van der Waals surface area contributed by atoms with Crippen LogP contribution in [0.5, 0.6) is 11.5 Å². The van der Waals surface area contributed by atoms with Crippen molar-refractivity contribution in [1.82, 2.24) is 4.90 Å². The van der Waals surface area contributed by atoms with E-state index in [1.54, 1.807) is 0 Å². The van der Waals surface area contributed by atoms with E-state index in [9.17, 15) is 4.79 Å². The van der Waals surface area contributed by atoms with Crippen LogP contribution in [0.25, 0.3) is 0 Å². The molecule has 2 aliphatic heterocycles. The molecular weight excluding hydrogens is 328 g/mol. The van der Waals surface area contributed by atoms with Gasteiger partial charge in [0.15, 0.2) is 0 Å². The molecule has 0 aromatic heterocycles. The third-order valence-corrected chi connectivity index (χ3v) is 4.98. The van der Waals surface area contributed by atoms with Gasteiger partial charge in [0.05, 0.1) is 13.0 Å². The molecule has 5 nitrogen and oxygen atoms in total. The maximum Gasteiger partial charge on any atom is 0.315 e. The van der Waals surface area contributed by atoms with Crippen molar-refractivity contribution in [2.45, 2.75) is 12.8 Å². The SMILES string of the molecule is O=C1Cc2ccc(OCCCN3CCN(c4ccccc4)CC3)cc2O1. The molecule has 0 N–H and O–H groups in total. The van der Waals surface area contributed by atoms with Gasteiger partial charge in [0.1, 0.15) is 11.5 Å². The third kappa shape index (κ3) is 3.99. The van der Waals surface area contributed by atoms with Crippen LogP contribution in [0.4, 0.5) is 5.69 Å². The molecule has 0 spiro atoms. The van der Waals surface area contributed by atoms with E-state index in [2.05, 4.69) is 40.1 Å². The number of hydrogen-bond donors (Lipinski definition) is 0. The summed E-state index contributed by atoms with van der Waals surface area (Å²) in [6, 6.07) is 16.3. The Morgan fingerprint density at radius 1 is 1.00 bits per heavy atom. The van der Waals surface area contributed by atoms with Crippen molar-refractivity contribution in [3.05, 3.63) is 54.1 Å². The van der Waals surface area contributed by atoms with Gasteiger partial charge in [0.2, 0.25) is 0 Å². The minimum atomic E-state index is -0.188. The molecule has 26 heavy (non-hydrogen) atoms. The fourth-order valence-electron chi connectivity index (χ4n) is 3.53. The lowest BCUT2D eigenvalue weighted by Gasteiger charge is -2.36. The number of anilines is 1. The third-order valence-electron chi connectivity index (χ3n) is 4.98. The number of rotatable bonds is 6. The van der Waals surface area contributed by atoms with Gasteiger partial charge in [0, 0.05) is 50.0 Å². The van der Waals surface area contributed by atoms with Gasteiger partial charge in [-0.25, -0.2) is 0 Å². The van der Waals surface area contributed by atoms with Crippen molar-refractivity contribution < 1.29 is 14.3 Å². The van der Waals surface area contributed by atoms with Gasteiger partial charge in [-0.05, 0) is 24.6 Å². The number of carbonyl (C=O) groups is 1. The first-order valence-corrected chi connectivity index (χ1v) is 9.27. The van der Waals surface area contributed by atoms with Crippen LogP contribution >= 0.6 is 0 Å². The average molecular weight is 352 g/mol. The average Bonchev–Trinajstić information content (AvgIpc) is 3.06. The first-order valence-electron chi connectivity index (χ1n) is 9.27. The molecule has 136 valence electrons. The van der Waals surface area contributed by atoms with E-state index in [0.29, 0.717) is 18.8 Å². The van der Waals surface area contributed by atoms with Crippen LogP contribution in [0, 0.1) is 0 Å². The van der Waals surface area contributed by atoms with Gasteiger partial charge in [-0.2, -0.15) is 0 Å². The first kappa shape index (κ1) is 16.9. The highest BCUT2D eigenvalue weighted by molar-refractivity contribution is 5.81. The minimum Gasteiger partial charge on any atom is -0.493 e. The number of nitrogens with zero attached hydrogens (tertiary/aromatic N) is 2. The summed E-state index contributed by atoms with van der Waals surface area (Å²) in [4.78, 5) is 16.2. The summed E-state index contributed by atoms with van der Waals surface area (Å²) < 4.78 is 11.0. The summed E-state index contributed by atoms with van der Waals surface area (Å²) in [7, 11) is 0. The molecule has 0 bridgehead atoms. The summed E-state index contributed by atoms with van der Waals surface area (Å²) in [5.41, 5.74) is 2.26. The Labute approximate surface area is 154 Å². The molecule has 5 heteroatoms. The van der Waals surface area contributed by atoms with Crippen LogP contribution < -0.4 is 14.4 Å². The van der Waals surface area contributed by atoms with E-state index < -0.39 is 0 Å². The Bertz CT molecular complexity index is 755. The highest BCUT2D eigenvalue weighted by atomic mass is 16.5. The van der Waals surface area contributed by atoms with Crippen LogP contribution in [0.2, 0.25) is 0 Å². The summed E-state index contributed by atoms with van der Waals surface area (Å²) >= 11 is 0. The van der Waals surface area contributed by atoms with Crippen LogP contribution in [0.15, 0.2) is 48.5 Å². The Hall–Kier alpha value is -2.53. The van der Waals surface area contributed by atoms with E-state index >= 15 is 0 Å². The molecule has 2 aliphatic rings. The number of carbonyl (C=O) groups excluding carboxylic acids is 1.